The first-order valence-corrected chi connectivity index (χ1v) is 8.36. The molecule has 7 nitrogen and oxygen atoms in total. The van der Waals surface area contributed by atoms with E-state index in [1.54, 1.807) is 6.20 Å². The third-order valence-electron chi connectivity index (χ3n) is 3.94. The number of hydrogen-bond acceptors (Lipinski definition) is 7. The number of anilines is 1. The van der Waals surface area contributed by atoms with Crippen molar-refractivity contribution in [1.29, 1.82) is 5.26 Å². The summed E-state index contributed by atoms with van der Waals surface area (Å²) in [5.74, 6) is 1.10. The molecular weight excluding hydrogens is 300 g/mol. The molecule has 1 aliphatic rings. The number of aromatic amines is 1. The van der Waals surface area contributed by atoms with Gasteiger partial charge in [-0.05, 0) is 25.0 Å². The van der Waals surface area contributed by atoms with E-state index in [0.29, 0.717) is 34.2 Å². The molecular formula is C14H16N6OS. The zero-order valence-corrected chi connectivity index (χ0v) is 13.1. The highest BCUT2D eigenvalue weighted by atomic mass is 32.2. The number of hydrogen-bond donors (Lipinski definition) is 1. The van der Waals surface area contributed by atoms with E-state index >= 15 is 0 Å². The highest BCUT2D eigenvalue weighted by molar-refractivity contribution is 7.98. The van der Waals surface area contributed by atoms with Crippen LogP contribution in [-0.2, 0) is 0 Å². The van der Waals surface area contributed by atoms with Crippen LogP contribution < -0.4 is 10.5 Å². The van der Waals surface area contributed by atoms with Gasteiger partial charge in [-0.25, -0.2) is 15.1 Å². The Bertz CT molecular complexity index is 775. The molecule has 0 aliphatic carbocycles. The lowest BCUT2D eigenvalue weighted by molar-refractivity contribution is 0.409. The normalized spacial score (nSPS) is 15.9. The Morgan fingerprint density at radius 2 is 2.23 bits per heavy atom. The molecule has 0 unspecified atom stereocenters. The van der Waals surface area contributed by atoms with Gasteiger partial charge in [0.1, 0.15) is 15.9 Å². The molecule has 0 saturated carbocycles. The molecule has 22 heavy (non-hydrogen) atoms. The molecule has 3 heterocycles. The number of thioether (sulfide) groups is 1. The predicted octanol–water partition coefficient (Wildman–Crippen LogP) is 1.57. The minimum atomic E-state index is -0.263. The van der Waals surface area contributed by atoms with E-state index in [0.717, 1.165) is 25.9 Å². The number of piperidine rings is 1. The van der Waals surface area contributed by atoms with Gasteiger partial charge in [-0.15, -0.1) is 11.8 Å². The van der Waals surface area contributed by atoms with Crippen molar-refractivity contribution in [1.82, 2.24) is 20.2 Å². The maximum Gasteiger partial charge on any atom is 0.276 e. The van der Waals surface area contributed by atoms with Gasteiger partial charge < -0.3 is 4.90 Å². The van der Waals surface area contributed by atoms with Crippen LogP contribution in [0, 0.1) is 17.2 Å². The van der Waals surface area contributed by atoms with Crippen molar-refractivity contribution in [3.8, 4) is 6.07 Å². The lowest BCUT2D eigenvalue weighted by Gasteiger charge is -2.31. The third kappa shape index (κ3) is 2.76. The Kier molecular flexibility index (Phi) is 4.24. The summed E-state index contributed by atoms with van der Waals surface area (Å²) in [4.78, 5) is 23.1. The van der Waals surface area contributed by atoms with Crippen molar-refractivity contribution in [3.05, 3.63) is 16.6 Å². The average Bonchev–Trinajstić information content (AvgIpc) is 2.55. The van der Waals surface area contributed by atoms with Crippen molar-refractivity contribution in [3.63, 3.8) is 0 Å². The standard InChI is InChI=1S/C14H16N6OS/c1-22-13-11-10(8-16-19-12(11)21)17-14(18-13)20-6-3-9(2-5-15)4-7-20/h8-9H,2-4,6-7H2,1H3,(H,19,21). The van der Waals surface area contributed by atoms with Crippen LogP contribution >= 0.6 is 11.8 Å². The molecule has 0 atom stereocenters. The van der Waals surface area contributed by atoms with Gasteiger partial charge >= 0.3 is 0 Å². The molecule has 0 radical (unpaired) electrons. The van der Waals surface area contributed by atoms with E-state index in [9.17, 15) is 4.79 Å². The first kappa shape index (κ1) is 14.8. The zero-order valence-electron chi connectivity index (χ0n) is 12.2. The first-order valence-electron chi connectivity index (χ1n) is 7.14. The van der Waals surface area contributed by atoms with Crippen LogP contribution in [0.25, 0.3) is 10.9 Å². The summed E-state index contributed by atoms with van der Waals surface area (Å²) in [5.41, 5.74) is 0.304. The average molecular weight is 316 g/mol. The lowest BCUT2D eigenvalue weighted by Crippen LogP contribution is -2.35. The van der Waals surface area contributed by atoms with Crippen molar-refractivity contribution in [2.75, 3.05) is 24.2 Å². The van der Waals surface area contributed by atoms with Crippen LogP contribution in [0.3, 0.4) is 0 Å². The van der Waals surface area contributed by atoms with Crippen molar-refractivity contribution in [2.24, 2.45) is 5.92 Å². The van der Waals surface area contributed by atoms with E-state index in [-0.39, 0.29) is 5.56 Å². The Balaban J connectivity index is 1.93. The summed E-state index contributed by atoms with van der Waals surface area (Å²) in [6.07, 6.45) is 6.00. The quantitative estimate of drug-likeness (QED) is 0.677. The van der Waals surface area contributed by atoms with Gasteiger partial charge in [-0.1, -0.05) is 0 Å². The first-order chi connectivity index (χ1) is 10.7. The van der Waals surface area contributed by atoms with Crippen molar-refractivity contribution >= 4 is 28.6 Å². The van der Waals surface area contributed by atoms with E-state index in [1.807, 2.05) is 6.26 Å². The summed E-state index contributed by atoms with van der Waals surface area (Å²) >= 11 is 1.43. The van der Waals surface area contributed by atoms with E-state index < -0.39 is 0 Å². The number of nitrogens with zero attached hydrogens (tertiary/aromatic N) is 5. The fourth-order valence-electron chi connectivity index (χ4n) is 2.72. The summed E-state index contributed by atoms with van der Waals surface area (Å²) in [6, 6.07) is 2.24. The number of aromatic nitrogens is 4. The maximum atomic E-state index is 11.9. The van der Waals surface area contributed by atoms with Gasteiger partial charge in [-0.2, -0.15) is 10.4 Å². The van der Waals surface area contributed by atoms with Crippen LogP contribution in [0.1, 0.15) is 19.3 Å². The molecule has 0 spiro atoms. The molecule has 114 valence electrons. The smallest absolute Gasteiger partial charge is 0.276 e. The number of H-pyrrole nitrogens is 1. The molecule has 1 fully saturated rings. The molecule has 2 aromatic rings. The van der Waals surface area contributed by atoms with Gasteiger partial charge in [0.15, 0.2) is 0 Å². The van der Waals surface area contributed by atoms with Crippen LogP contribution in [0.5, 0.6) is 0 Å². The van der Waals surface area contributed by atoms with E-state index in [4.69, 9.17) is 5.26 Å². The van der Waals surface area contributed by atoms with Crippen LogP contribution in [-0.4, -0.2) is 39.5 Å². The largest absolute Gasteiger partial charge is 0.341 e. The monoisotopic (exact) mass is 316 g/mol. The SMILES string of the molecule is CSc1nc(N2CCC(CC#N)CC2)nc2cn[nH]c(=O)c12. The minimum Gasteiger partial charge on any atom is -0.341 e. The number of nitriles is 1. The van der Waals surface area contributed by atoms with Gasteiger partial charge in [0.2, 0.25) is 5.95 Å². The molecule has 0 bridgehead atoms. The van der Waals surface area contributed by atoms with E-state index in [1.165, 1.54) is 11.8 Å². The van der Waals surface area contributed by atoms with Gasteiger partial charge in [0.25, 0.3) is 5.56 Å². The molecule has 2 aromatic heterocycles. The summed E-state index contributed by atoms with van der Waals surface area (Å²) in [7, 11) is 0. The van der Waals surface area contributed by atoms with E-state index in [2.05, 4.69) is 31.1 Å². The number of fused-ring (bicyclic) bond motifs is 1. The summed E-state index contributed by atoms with van der Waals surface area (Å²) < 4.78 is 0. The molecule has 1 aliphatic heterocycles. The van der Waals surface area contributed by atoms with Crippen molar-refractivity contribution in [2.45, 2.75) is 24.3 Å². The second kappa shape index (κ2) is 6.32. The number of nitrogens with one attached hydrogen (secondary N) is 1. The second-order valence-corrected chi connectivity index (χ2v) is 6.08. The maximum absolute atomic E-state index is 11.9. The Morgan fingerprint density at radius 1 is 1.45 bits per heavy atom. The summed E-state index contributed by atoms with van der Waals surface area (Å²) in [5, 5.41) is 16.2. The highest BCUT2D eigenvalue weighted by Crippen LogP contribution is 2.26. The minimum absolute atomic E-state index is 0.263. The topological polar surface area (TPSA) is 98.6 Å². The Morgan fingerprint density at radius 3 is 2.91 bits per heavy atom. The van der Waals surface area contributed by atoms with Crippen LogP contribution in [0.2, 0.25) is 0 Å². The Labute approximate surface area is 131 Å². The van der Waals surface area contributed by atoms with Crippen molar-refractivity contribution < 1.29 is 0 Å². The predicted molar refractivity (Wildman–Crippen MR) is 84.9 cm³/mol. The molecule has 1 N–H and O–H groups in total. The molecule has 1 saturated heterocycles. The number of rotatable bonds is 3. The molecule has 0 aromatic carbocycles. The molecule has 0 amide bonds. The fourth-order valence-corrected chi connectivity index (χ4v) is 3.29. The lowest BCUT2D eigenvalue weighted by atomic mass is 9.94. The molecule has 8 heteroatoms. The highest BCUT2D eigenvalue weighted by Gasteiger charge is 2.22. The zero-order chi connectivity index (χ0) is 15.5. The second-order valence-electron chi connectivity index (χ2n) is 5.28. The van der Waals surface area contributed by atoms with Gasteiger partial charge in [-0.3, -0.25) is 4.79 Å². The van der Waals surface area contributed by atoms with Crippen LogP contribution in [0.15, 0.2) is 16.0 Å². The fraction of sp³-hybridized carbons (Fsp3) is 0.500. The Hall–Kier alpha value is -2.14. The third-order valence-corrected chi connectivity index (χ3v) is 4.62. The van der Waals surface area contributed by atoms with Crippen LogP contribution in [0.4, 0.5) is 5.95 Å². The van der Waals surface area contributed by atoms with Gasteiger partial charge in [0.05, 0.1) is 12.3 Å². The van der Waals surface area contributed by atoms with Gasteiger partial charge in [0, 0.05) is 19.5 Å². The summed E-state index contributed by atoms with van der Waals surface area (Å²) in [6.45, 7) is 1.67. The molecule has 3 rings (SSSR count).